The Morgan fingerprint density at radius 3 is 2.72 bits per heavy atom. The molecule has 0 radical (unpaired) electrons. The highest BCUT2D eigenvalue weighted by Crippen LogP contribution is 2.31. The zero-order valence-corrected chi connectivity index (χ0v) is 15.9. The van der Waals surface area contributed by atoms with Crippen molar-refractivity contribution in [2.45, 2.75) is 39.0 Å². The monoisotopic (exact) mass is 346 g/mol. The molecule has 5 heteroatoms. The topological polar surface area (TPSA) is 43.7 Å². The fourth-order valence-electron chi connectivity index (χ4n) is 2.93. The van der Waals surface area contributed by atoms with E-state index in [2.05, 4.69) is 36.7 Å². The van der Waals surface area contributed by atoms with Gasteiger partial charge in [0.2, 0.25) is 0 Å². The number of likely N-dealkylation sites (N-methyl/N-ethyl adjacent to an activating group) is 1. The molecule has 0 N–H and O–H groups in total. The van der Waals surface area contributed by atoms with E-state index in [0.29, 0.717) is 12.4 Å². The maximum atomic E-state index is 12.0. The molecular weight excluding hydrogens is 316 g/mol. The van der Waals surface area contributed by atoms with Crippen molar-refractivity contribution in [3.8, 4) is 5.75 Å². The van der Waals surface area contributed by atoms with Crippen molar-refractivity contribution >= 4 is 17.1 Å². The number of unbranched alkanes of at least 4 members (excludes halogenated alkanes) is 3. The van der Waals surface area contributed by atoms with Gasteiger partial charge in [0.15, 0.2) is 0 Å². The van der Waals surface area contributed by atoms with Crippen LogP contribution in [0.4, 0.5) is 4.79 Å². The lowest BCUT2D eigenvalue weighted by Gasteiger charge is -2.10. The van der Waals surface area contributed by atoms with Crippen molar-refractivity contribution in [1.82, 2.24) is 9.47 Å². The van der Waals surface area contributed by atoms with Gasteiger partial charge in [0.25, 0.3) is 0 Å². The summed E-state index contributed by atoms with van der Waals surface area (Å²) in [5.74, 6) is 0.574. The first-order valence-corrected chi connectivity index (χ1v) is 9.09. The minimum absolute atomic E-state index is 0.414. The second-order valence-corrected chi connectivity index (χ2v) is 6.73. The smallest absolute Gasteiger partial charge is 0.434 e. The number of carbonyl (C=O) groups is 1. The Kier molecular flexibility index (Phi) is 7.31. The lowest BCUT2D eigenvalue weighted by atomic mass is 10.1. The number of nitrogens with zero attached hydrogens (tertiary/aromatic N) is 2. The third kappa shape index (κ3) is 5.49. The quantitative estimate of drug-likeness (QED) is 0.384. The number of ether oxygens (including phenoxy) is 2. The fourth-order valence-corrected chi connectivity index (χ4v) is 2.93. The minimum Gasteiger partial charge on any atom is -0.434 e. The Balaban J connectivity index is 2.08. The Morgan fingerprint density at radius 2 is 2.00 bits per heavy atom. The second kappa shape index (κ2) is 9.47. The van der Waals surface area contributed by atoms with Gasteiger partial charge in [-0.05, 0) is 44.6 Å². The molecule has 0 fully saturated rings. The molecule has 0 saturated carbocycles. The molecule has 0 atom stereocenters. The van der Waals surface area contributed by atoms with Gasteiger partial charge >= 0.3 is 6.16 Å². The Hall–Kier alpha value is -2.01. The van der Waals surface area contributed by atoms with Crippen LogP contribution in [0.3, 0.4) is 0 Å². The maximum absolute atomic E-state index is 12.0. The van der Waals surface area contributed by atoms with Crippen LogP contribution >= 0.6 is 0 Å². The summed E-state index contributed by atoms with van der Waals surface area (Å²) in [4.78, 5) is 14.2. The van der Waals surface area contributed by atoms with Gasteiger partial charge in [-0.15, -0.1) is 0 Å². The molecule has 0 saturated heterocycles. The van der Waals surface area contributed by atoms with E-state index in [9.17, 15) is 4.79 Å². The van der Waals surface area contributed by atoms with Crippen LogP contribution in [0.1, 0.15) is 38.2 Å². The van der Waals surface area contributed by atoms with Crippen LogP contribution in [0.2, 0.25) is 0 Å². The van der Waals surface area contributed by atoms with Gasteiger partial charge in [0, 0.05) is 25.2 Å². The summed E-state index contributed by atoms with van der Waals surface area (Å²) in [5, 5.41) is 0.995. The summed E-state index contributed by atoms with van der Waals surface area (Å²) < 4.78 is 12.8. The minimum atomic E-state index is -0.619. The molecule has 25 heavy (non-hydrogen) atoms. The van der Waals surface area contributed by atoms with Gasteiger partial charge in [0.05, 0.1) is 12.1 Å². The summed E-state index contributed by atoms with van der Waals surface area (Å²) in [6.45, 7) is 3.51. The van der Waals surface area contributed by atoms with Crippen molar-refractivity contribution in [1.29, 1.82) is 0 Å². The number of aromatic nitrogens is 1. The van der Waals surface area contributed by atoms with E-state index in [0.717, 1.165) is 49.6 Å². The molecule has 2 rings (SSSR count). The molecule has 1 heterocycles. The van der Waals surface area contributed by atoms with E-state index in [1.54, 1.807) is 0 Å². The van der Waals surface area contributed by atoms with Gasteiger partial charge in [-0.2, -0.15) is 0 Å². The SMILES string of the molecule is CCCCCCOC(=O)Oc1cccc2c1c(CCN(C)C)cn2C. The average molecular weight is 346 g/mol. The molecule has 1 aromatic carbocycles. The predicted molar refractivity (Wildman–Crippen MR) is 101 cm³/mol. The first-order valence-electron chi connectivity index (χ1n) is 9.09. The molecule has 1 aromatic heterocycles. The van der Waals surface area contributed by atoms with Crippen LogP contribution in [0.15, 0.2) is 24.4 Å². The van der Waals surface area contributed by atoms with E-state index in [4.69, 9.17) is 9.47 Å². The molecule has 5 nitrogen and oxygen atoms in total. The van der Waals surface area contributed by atoms with Crippen molar-refractivity contribution < 1.29 is 14.3 Å². The van der Waals surface area contributed by atoms with E-state index in [1.807, 2.05) is 25.2 Å². The number of aryl methyl sites for hydroxylation is 1. The molecule has 0 bridgehead atoms. The van der Waals surface area contributed by atoms with Crippen molar-refractivity contribution in [3.63, 3.8) is 0 Å². The number of carbonyl (C=O) groups excluding carboxylic acids is 1. The summed E-state index contributed by atoms with van der Waals surface area (Å²) in [6.07, 6.45) is 6.67. The molecule has 138 valence electrons. The van der Waals surface area contributed by atoms with Crippen molar-refractivity contribution in [2.75, 3.05) is 27.2 Å². The van der Waals surface area contributed by atoms with Crippen LogP contribution in [0.25, 0.3) is 10.9 Å². The molecule has 0 aliphatic rings. The molecule has 0 aliphatic carbocycles. The van der Waals surface area contributed by atoms with E-state index in [1.165, 1.54) is 5.56 Å². The third-order valence-electron chi connectivity index (χ3n) is 4.29. The second-order valence-electron chi connectivity index (χ2n) is 6.73. The lowest BCUT2D eigenvalue weighted by molar-refractivity contribution is 0.0978. The largest absolute Gasteiger partial charge is 0.513 e. The van der Waals surface area contributed by atoms with E-state index < -0.39 is 6.16 Å². The predicted octanol–water partition coefficient (Wildman–Crippen LogP) is 4.38. The maximum Gasteiger partial charge on any atom is 0.513 e. The number of rotatable bonds is 9. The zero-order chi connectivity index (χ0) is 18.2. The molecule has 0 amide bonds. The van der Waals surface area contributed by atoms with Crippen LogP contribution < -0.4 is 4.74 Å². The summed E-state index contributed by atoms with van der Waals surface area (Å²) in [5.41, 5.74) is 2.24. The summed E-state index contributed by atoms with van der Waals surface area (Å²) in [7, 11) is 6.12. The first kappa shape index (κ1) is 19.3. The van der Waals surface area contributed by atoms with Gasteiger partial charge < -0.3 is 18.9 Å². The number of benzene rings is 1. The Labute approximate surface area is 150 Å². The number of hydrogen-bond acceptors (Lipinski definition) is 4. The summed E-state index contributed by atoms with van der Waals surface area (Å²) in [6, 6.07) is 5.78. The third-order valence-corrected chi connectivity index (χ3v) is 4.29. The molecule has 2 aromatic rings. The Bertz CT molecular complexity index is 692. The molecular formula is C20H30N2O3. The van der Waals surface area contributed by atoms with Gasteiger partial charge in [-0.1, -0.05) is 32.3 Å². The molecule has 0 spiro atoms. The standard InChI is InChI=1S/C20H30N2O3/c1-5-6-7-8-14-24-20(23)25-18-11-9-10-17-19(18)16(15-22(17)4)12-13-21(2)3/h9-11,15H,5-8,12-14H2,1-4H3. The zero-order valence-electron chi connectivity index (χ0n) is 15.9. The normalized spacial score (nSPS) is 11.2. The molecule has 0 aliphatic heterocycles. The van der Waals surface area contributed by atoms with Crippen molar-refractivity contribution in [2.24, 2.45) is 7.05 Å². The van der Waals surface area contributed by atoms with Gasteiger partial charge in [0.1, 0.15) is 5.75 Å². The van der Waals surface area contributed by atoms with Crippen LogP contribution in [-0.2, 0) is 18.2 Å². The lowest BCUT2D eigenvalue weighted by Crippen LogP contribution is -2.15. The number of hydrogen-bond donors (Lipinski definition) is 0. The van der Waals surface area contributed by atoms with Gasteiger partial charge in [-0.3, -0.25) is 0 Å². The van der Waals surface area contributed by atoms with Crippen LogP contribution in [0, 0.1) is 0 Å². The average Bonchev–Trinajstić information content (AvgIpc) is 2.90. The highest BCUT2D eigenvalue weighted by atomic mass is 16.7. The van der Waals surface area contributed by atoms with E-state index in [-0.39, 0.29) is 0 Å². The Morgan fingerprint density at radius 1 is 1.20 bits per heavy atom. The van der Waals surface area contributed by atoms with Crippen LogP contribution in [0.5, 0.6) is 5.75 Å². The molecule has 0 unspecified atom stereocenters. The summed E-state index contributed by atoms with van der Waals surface area (Å²) >= 11 is 0. The fraction of sp³-hybridized carbons (Fsp3) is 0.550. The van der Waals surface area contributed by atoms with Gasteiger partial charge in [-0.25, -0.2) is 4.79 Å². The van der Waals surface area contributed by atoms with Crippen LogP contribution in [-0.4, -0.2) is 42.9 Å². The van der Waals surface area contributed by atoms with E-state index >= 15 is 0 Å². The van der Waals surface area contributed by atoms with Crippen molar-refractivity contribution in [3.05, 3.63) is 30.0 Å². The highest BCUT2D eigenvalue weighted by molar-refractivity contribution is 5.91. The number of fused-ring (bicyclic) bond motifs is 1. The highest BCUT2D eigenvalue weighted by Gasteiger charge is 2.15. The first-order chi connectivity index (χ1) is 12.0.